The van der Waals surface area contributed by atoms with Crippen molar-refractivity contribution in [3.8, 4) is 0 Å². The van der Waals surface area contributed by atoms with E-state index in [9.17, 15) is 4.79 Å². The van der Waals surface area contributed by atoms with E-state index in [1.807, 2.05) is 27.7 Å². The summed E-state index contributed by atoms with van der Waals surface area (Å²) >= 11 is 0. The Kier molecular flexibility index (Phi) is 3.79. The van der Waals surface area contributed by atoms with Gasteiger partial charge in [0.05, 0.1) is 12.0 Å². The molecule has 0 aromatic carbocycles. The van der Waals surface area contributed by atoms with Crippen molar-refractivity contribution >= 4 is 5.97 Å². The highest BCUT2D eigenvalue weighted by molar-refractivity contribution is 5.77. The van der Waals surface area contributed by atoms with Crippen molar-refractivity contribution in [2.45, 2.75) is 46.8 Å². The van der Waals surface area contributed by atoms with Gasteiger partial charge in [-0.3, -0.25) is 4.79 Å². The summed E-state index contributed by atoms with van der Waals surface area (Å²) in [5, 5.41) is 0. The first-order chi connectivity index (χ1) is 7.31. The molecule has 1 heterocycles. The molecule has 1 saturated heterocycles. The van der Waals surface area contributed by atoms with E-state index in [1.165, 1.54) is 0 Å². The number of hydrogen-bond donors (Lipinski definition) is 0. The molecule has 0 aromatic rings. The Labute approximate surface area is 97.8 Å². The fraction of sp³-hybridized carbons (Fsp3) is 0.769. The van der Waals surface area contributed by atoms with Crippen LogP contribution in [0.1, 0.15) is 40.5 Å². The van der Waals surface area contributed by atoms with Crippen LogP contribution in [0.4, 0.5) is 0 Å². The fourth-order valence-electron chi connectivity index (χ4n) is 1.43. The van der Waals surface area contributed by atoms with Gasteiger partial charge in [0, 0.05) is 6.42 Å². The van der Waals surface area contributed by atoms with Crippen LogP contribution in [0.2, 0.25) is 0 Å². The van der Waals surface area contributed by atoms with Gasteiger partial charge >= 0.3 is 5.97 Å². The summed E-state index contributed by atoms with van der Waals surface area (Å²) in [6.07, 6.45) is 3.20. The summed E-state index contributed by atoms with van der Waals surface area (Å²) in [5.41, 5.74) is -0.899. The molecule has 0 saturated carbocycles. The van der Waals surface area contributed by atoms with E-state index in [0.29, 0.717) is 6.61 Å². The topological polar surface area (TPSA) is 35.5 Å². The summed E-state index contributed by atoms with van der Waals surface area (Å²) in [6.45, 7) is 12.2. The first-order valence-electron chi connectivity index (χ1n) is 5.77. The molecule has 3 heteroatoms. The van der Waals surface area contributed by atoms with Crippen molar-refractivity contribution in [3.63, 3.8) is 0 Å². The van der Waals surface area contributed by atoms with Crippen molar-refractivity contribution in [1.82, 2.24) is 0 Å². The molecule has 1 fully saturated rings. The molecule has 1 atom stereocenters. The van der Waals surface area contributed by atoms with Crippen LogP contribution in [-0.2, 0) is 14.3 Å². The molecule has 0 spiro atoms. The number of carbonyl (C=O) groups excluding carboxylic acids is 1. The van der Waals surface area contributed by atoms with Crippen LogP contribution < -0.4 is 0 Å². The van der Waals surface area contributed by atoms with Crippen LogP contribution in [0.3, 0.4) is 0 Å². The average molecular weight is 226 g/mol. The third kappa shape index (κ3) is 2.46. The van der Waals surface area contributed by atoms with Crippen LogP contribution in [0.15, 0.2) is 12.7 Å². The molecule has 3 nitrogen and oxygen atoms in total. The molecule has 1 rings (SSSR count). The Bertz CT molecular complexity index is 273. The minimum absolute atomic E-state index is 0.218. The predicted octanol–water partition coefficient (Wildman–Crippen LogP) is 2.90. The second kappa shape index (κ2) is 4.58. The van der Waals surface area contributed by atoms with Crippen molar-refractivity contribution in [2.75, 3.05) is 6.61 Å². The zero-order chi connectivity index (χ0) is 12.4. The van der Waals surface area contributed by atoms with E-state index >= 15 is 0 Å². The third-order valence-electron chi connectivity index (χ3n) is 3.76. The molecule has 16 heavy (non-hydrogen) atoms. The Morgan fingerprint density at radius 3 is 2.50 bits per heavy atom. The number of ether oxygens (including phenoxy) is 2. The Hall–Kier alpha value is -0.830. The molecule has 0 N–H and O–H groups in total. The second-order valence-corrected chi connectivity index (χ2v) is 5.40. The quantitative estimate of drug-likeness (QED) is 0.546. The van der Waals surface area contributed by atoms with Crippen LogP contribution in [0, 0.1) is 10.8 Å². The molecule has 0 aliphatic carbocycles. The van der Waals surface area contributed by atoms with E-state index in [-0.39, 0.29) is 17.7 Å². The molecule has 1 unspecified atom stereocenters. The first kappa shape index (κ1) is 13.2. The lowest BCUT2D eigenvalue weighted by Gasteiger charge is -2.37. The van der Waals surface area contributed by atoms with E-state index in [4.69, 9.17) is 9.47 Å². The van der Waals surface area contributed by atoms with Crippen LogP contribution in [0.5, 0.6) is 0 Å². The third-order valence-corrected chi connectivity index (χ3v) is 3.76. The molecular formula is C13H22O3. The lowest BCUT2D eigenvalue weighted by atomic mass is 9.68. The molecule has 0 aromatic heterocycles. The highest BCUT2D eigenvalue weighted by atomic mass is 16.7. The summed E-state index contributed by atoms with van der Waals surface area (Å²) in [7, 11) is 0. The van der Waals surface area contributed by atoms with Gasteiger partial charge in [-0.05, 0) is 25.7 Å². The van der Waals surface area contributed by atoms with Gasteiger partial charge in [0.15, 0.2) is 0 Å². The van der Waals surface area contributed by atoms with Crippen LogP contribution >= 0.6 is 0 Å². The lowest BCUT2D eigenvalue weighted by molar-refractivity contribution is -0.184. The monoisotopic (exact) mass is 226 g/mol. The van der Waals surface area contributed by atoms with Crippen molar-refractivity contribution in [3.05, 3.63) is 12.7 Å². The van der Waals surface area contributed by atoms with Crippen molar-refractivity contribution in [1.29, 1.82) is 0 Å². The highest BCUT2D eigenvalue weighted by Gasteiger charge is 2.43. The standard InChI is InChI=1S/C13H22O3/c1-6-12(2,3)13(4,5)11(14)16-10-8-7-9-15-10/h6,10H,1,7-9H2,2-5H3. The zero-order valence-electron chi connectivity index (χ0n) is 10.7. The maximum absolute atomic E-state index is 12.1. The highest BCUT2D eigenvalue weighted by Crippen LogP contribution is 2.40. The van der Waals surface area contributed by atoms with Gasteiger partial charge in [-0.15, -0.1) is 6.58 Å². The largest absolute Gasteiger partial charge is 0.435 e. The lowest BCUT2D eigenvalue weighted by Crippen LogP contribution is -2.41. The molecule has 1 aliphatic heterocycles. The van der Waals surface area contributed by atoms with E-state index < -0.39 is 5.41 Å². The summed E-state index contributed by atoms with van der Waals surface area (Å²) < 4.78 is 10.7. The van der Waals surface area contributed by atoms with E-state index in [0.717, 1.165) is 12.8 Å². The van der Waals surface area contributed by atoms with Crippen molar-refractivity contribution < 1.29 is 14.3 Å². The first-order valence-corrected chi connectivity index (χ1v) is 5.77. The normalized spacial score (nSPS) is 21.9. The van der Waals surface area contributed by atoms with Gasteiger partial charge in [0.25, 0.3) is 0 Å². The smallest absolute Gasteiger partial charge is 0.314 e. The fourth-order valence-corrected chi connectivity index (χ4v) is 1.43. The Balaban J connectivity index is 2.67. The SMILES string of the molecule is C=CC(C)(C)C(C)(C)C(=O)OC1CCCO1. The van der Waals surface area contributed by atoms with Gasteiger partial charge in [-0.1, -0.05) is 19.9 Å². The summed E-state index contributed by atoms with van der Waals surface area (Å²) in [4.78, 5) is 12.1. The van der Waals surface area contributed by atoms with Crippen LogP contribution in [0.25, 0.3) is 0 Å². The number of rotatable bonds is 4. The van der Waals surface area contributed by atoms with Crippen LogP contribution in [-0.4, -0.2) is 18.9 Å². The van der Waals surface area contributed by atoms with E-state index in [2.05, 4.69) is 6.58 Å². The predicted molar refractivity (Wildman–Crippen MR) is 62.8 cm³/mol. The minimum atomic E-state index is -0.597. The number of allylic oxidation sites excluding steroid dienone is 1. The zero-order valence-corrected chi connectivity index (χ0v) is 10.7. The molecule has 0 radical (unpaired) electrons. The Morgan fingerprint density at radius 2 is 2.06 bits per heavy atom. The number of hydrogen-bond acceptors (Lipinski definition) is 3. The van der Waals surface area contributed by atoms with E-state index in [1.54, 1.807) is 6.08 Å². The second-order valence-electron chi connectivity index (χ2n) is 5.40. The van der Waals surface area contributed by atoms with Gasteiger partial charge in [0.1, 0.15) is 0 Å². The average Bonchev–Trinajstić information content (AvgIpc) is 2.70. The summed E-state index contributed by atoms with van der Waals surface area (Å²) in [6, 6.07) is 0. The Morgan fingerprint density at radius 1 is 1.44 bits per heavy atom. The minimum Gasteiger partial charge on any atom is -0.435 e. The van der Waals surface area contributed by atoms with Gasteiger partial charge < -0.3 is 9.47 Å². The number of carbonyl (C=O) groups is 1. The van der Waals surface area contributed by atoms with Gasteiger partial charge in [-0.2, -0.15) is 0 Å². The maximum Gasteiger partial charge on any atom is 0.314 e. The van der Waals surface area contributed by atoms with Crippen molar-refractivity contribution in [2.24, 2.45) is 10.8 Å². The van der Waals surface area contributed by atoms with Gasteiger partial charge in [-0.25, -0.2) is 0 Å². The molecule has 0 bridgehead atoms. The molecule has 92 valence electrons. The molecular weight excluding hydrogens is 204 g/mol. The molecule has 1 aliphatic rings. The summed E-state index contributed by atoms with van der Waals surface area (Å²) in [5.74, 6) is -0.218. The molecule has 0 amide bonds. The number of esters is 1. The maximum atomic E-state index is 12.1. The van der Waals surface area contributed by atoms with Gasteiger partial charge in [0.2, 0.25) is 6.29 Å².